The average Bonchev–Trinajstić information content (AvgIpc) is 2.65. The number of piperidine rings is 1. The quantitative estimate of drug-likeness (QED) is 0.627. The molecule has 3 N–H and O–H groups in total. The predicted molar refractivity (Wildman–Crippen MR) is 59.5 cm³/mol. The number of imide groups is 1. The van der Waals surface area contributed by atoms with Gasteiger partial charge in [0.15, 0.2) is 0 Å². The van der Waals surface area contributed by atoms with Crippen LogP contribution < -0.4 is 11.1 Å². The van der Waals surface area contributed by atoms with Gasteiger partial charge < -0.3 is 11.1 Å². The summed E-state index contributed by atoms with van der Waals surface area (Å²) >= 11 is 0. The third-order valence-corrected chi connectivity index (χ3v) is 3.56. The van der Waals surface area contributed by atoms with E-state index in [-0.39, 0.29) is 23.9 Å². The van der Waals surface area contributed by atoms with Gasteiger partial charge in [-0.15, -0.1) is 0 Å². The minimum atomic E-state index is -0.196. The standard InChI is InChI=1S/C11H19N3O2/c1-14-10(15)5-4-9(11(14)16)13-8-3-2-7(12)6-8/h7-9,13H,2-6,12H2,1H3. The van der Waals surface area contributed by atoms with Gasteiger partial charge in [0, 0.05) is 25.6 Å². The lowest BCUT2D eigenvalue weighted by Crippen LogP contribution is -2.53. The minimum Gasteiger partial charge on any atom is -0.328 e. The maximum atomic E-state index is 11.8. The van der Waals surface area contributed by atoms with Crippen molar-refractivity contribution in [3.8, 4) is 0 Å². The molecule has 2 amide bonds. The highest BCUT2D eigenvalue weighted by atomic mass is 16.2. The molecule has 1 saturated heterocycles. The number of likely N-dealkylation sites (tertiary alicyclic amines) is 1. The number of carbonyl (C=O) groups excluding carboxylic acids is 2. The number of nitrogens with two attached hydrogens (primary N) is 1. The lowest BCUT2D eigenvalue weighted by Gasteiger charge is -2.30. The van der Waals surface area contributed by atoms with Gasteiger partial charge in [0.05, 0.1) is 6.04 Å². The average molecular weight is 225 g/mol. The van der Waals surface area contributed by atoms with E-state index in [2.05, 4.69) is 5.32 Å². The van der Waals surface area contributed by atoms with Crippen molar-refractivity contribution in [3.05, 3.63) is 0 Å². The first-order valence-electron chi connectivity index (χ1n) is 5.90. The third-order valence-electron chi connectivity index (χ3n) is 3.56. The Morgan fingerprint density at radius 3 is 2.69 bits per heavy atom. The first-order valence-corrected chi connectivity index (χ1v) is 5.90. The number of hydrogen-bond donors (Lipinski definition) is 2. The van der Waals surface area contributed by atoms with Crippen LogP contribution in [0, 0.1) is 0 Å². The zero-order valence-electron chi connectivity index (χ0n) is 9.61. The molecule has 0 spiro atoms. The second-order valence-electron chi connectivity index (χ2n) is 4.82. The second-order valence-corrected chi connectivity index (χ2v) is 4.82. The fourth-order valence-corrected chi connectivity index (χ4v) is 2.52. The fourth-order valence-electron chi connectivity index (χ4n) is 2.52. The number of carbonyl (C=O) groups is 2. The van der Waals surface area contributed by atoms with E-state index >= 15 is 0 Å². The lowest BCUT2D eigenvalue weighted by molar-refractivity contribution is -0.148. The van der Waals surface area contributed by atoms with Gasteiger partial charge >= 0.3 is 0 Å². The van der Waals surface area contributed by atoms with Crippen LogP contribution in [-0.4, -0.2) is 41.9 Å². The lowest BCUT2D eigenvalue weighted by atomic mass is 10.0. The van der Waals surface area contributed by atoms with E-state index in [1.807, 2.05) is 0 Å². The van der Waals surface area contributed by atoms with Gasteiger partial charge in [0.2, 0.25) is 11.8 Å². The molecular weight excluding hydrogens is 206 g/mol. The van der Waals surface area contributed by atoms with Crippen LogP contribution in [0.3, 0.4) is 0 Å². The van der Waals surface area contributed by atoms with Crippen LogP contribution in [0.5, 0.6) is 0 Å². The summed E-state index contributed by atoms with van der Waals surface area (Å²) in [5.74, 6) is -0.178. The monoisotopic (exact) mass is 225 g/mol. The Hall–Kier alpha value is -0.940. The van der Waals surface area contributed by atoms with E-state index in [9.17, 15) is 9.59 Å². The first kappa shape index (κ1) is 11.5. The predicted octanol–water partition coefficient (Wildman–Crippen LogP) is -0.397. The molecule has 0 bridgehead atoms. The molecular formula is C11H19N3O2. The van der Waals surface area contributed by atoms with Gasteiger partial charge in [0.25, 0.3) is 0 Å². The molecule has 5 nitrogen and oxygen atoms in total. The minimum absolute atomic E-state index is 0.0776. The van der Waals surface area contributed by atoms with Gasteiger partial charge in [-0.05, 0) is 25.7 Å². The normalized spacial score (nSPS) is 35.9. The summed E-state index contributed by atoms with van der Waals surface area (Å²) in [4.78, 5) is 24.3. The maximum absolute atomic E-state index is 11.8. The maximum Gasteiger partial charge on any atom is 0.246 e. The van der Waals surface area contributed by atoms with E-state index < -0.39 is 0 Å². The molecule has 3 atom stereocenters. The van der Waals surface area contributed by atoms with Crippen molar-refractivity contribution in [2.75, 3.05) is 7.05 Å². The molecule has 2 aliphatic rings. The molecule has 90 valence electrons. The van der Waals surface area contributed by atoms with Crippen LogP contribution in [-0.2, 0) is 9.59 Å². The molecule has 1 aliphatic carbocycles. The summed E-state index contributed by atoms with van der Waals surface area (Å²) in [7, 11) is 1.55. The molecule has 0 aromatic rings. The van der Waals surface area contributed by atoms with Crippen molar-refractivity contribution in [3.63, 3.8) is 0 Å². The molecule has 0 aromatic heterocycles. The summed E-state index contributed by atoms with van der Waals surface area (Å²) in [5.41, 5.74) is 5.82. The Kier molecular flexibility index (Phi) is 3.25. The summed E-state index contributed by atoms with van der Waals surface area (Å²) < 4.78 is 0. The van der Waals surface area contributed by atoms with Crippen molar-refractivity contribution in [1.82, 2.24) is 10.2 Å². The number of amides is 2. The smallest absolute Gasteiger partial charge is 0.246 e. The Morgan fingerprint density at radius 2 is 2.06 bits per heavy atom. The molecule has 1 heterocycles. The van der Waals surface area contributed by atoms with Crippen molar-refractivity contribution in [2.24, 2.45) is 5.73 Å². The first-order chi connectivity index (χ1) is 7.58. The van der Waals surface area contributed by atoms with E-state index in [4.69, 9.17) is 5.73 Å². The highest BCUT2D eigenvalue weighted by molar-refractivity contribution is 6.00. The number of nitrogens with zero attached hydrogens (tertiary/aromatic N) is 1. The van der Waals surface area contributed by atoms with Gasteiger partial charge in [-0.1, -0.05) is 0 Å². The number of hydrogen-bond acceptors (Lipinski definition) is 4. The number of nitrogens with one attached hydrogen (secondary N) is 1. The van der Waals surface area contributed by atoms with Crippen LogP contribution in [0.2, 0.25) is 0 Å². The Bertz CT molecular complexity index is 306. The summed E-state index contributed by atoms with van der Waals surface area (Å²) in [5, 5.41) is 3.33. The Labute approximate surface area is 95.3 Å². The highest BCUT2D eigenvalue weighted by Gasteiger charge is 2.34. The van der Waals surface area contributed by atoms with Crippen LogP contribution in [0.25, 0.3) is 0 Å². The van der Waals surface area contributed by atoms with Crippen LogP contribution in [0.1, 0.15) is 32.1 Å². The van der Waals surface area contributed by atoms with E-state index in [1.54, 1.807) is 7.05 Å². The molecule has 5 heteroatoms. The summed E-state index contributed by atoms with van der Waals surface area (Å²) in [6, 6.07) is 0.402. The number of likely N-dealkylation sites (N-methyl/N-ethyl adjacent to an activating group) is 1. The van der Waals surface area contributed by atoms with Crippen LogP contribution in [0.4, 0.5) is 0 Å². The molecule has 1 saturated carbocycles. The zero-order chi connectivity index (χ0) is 11.7. The van der Waals surface area contributed by atoms with Crippen molar-refractivity contribution in [1.29, 1.82) is 0 Å². The SMILES string of the molecule is CN1C(=O)CCC(NC2CCC(N)C2)C1=O. The Morgan fingerprint density at radius 1 is 1.31 bits per heavy atom. The largest absolute Gasteiger partial charge is 0.328 e. The van der Waals surface area contributed by atoms with E-state index in [0.717, 1.165) is 19.3 Å². The molecule has 1 aliphatic heterocycles. The van der Waals surface area contributed by atoms with Gasteiger partial charge in [-0.2, -0.15) is 0 Å². The molecule has 0 radical (unpaired) electrons. The molecule has 0 aromatic carbocycles. The molecule has 16 heavy (non-hydrogen) atoms. The topological polar surface area (TPSA) is 75.4 Å². The van der Waals surface area contributed by atoms with Crippen molar-refractivity contribution < 1.29 is 9.59 Å². The van der Waals surface area contributed by atoms with Gasteiger partial charge in [0.1, 0.15) is 0 Å². The molecule has 2 fully saturated rings. The molecule has 2 rings (SSSR count). The van der Waals surface area contributed by atoms with Crippen LogP contribution in [0.15, 0.2) is 0 Å². The fraction of sp³-hybridized carbons (Fsp3) is 0.818. The van der Waals surface area contributed by atoms with Gasteiger partial charge in [-0.25, -0.2) is 0 Å². The summed E-state index contributed by atoms with van der Waals surface area (Å²) in [6.07, 6.45) is 4.06. The third kappa shape index (κ3) is 2.25. The van der Waals surface area contributed by atoms with Gasteiger partial charge in [-0.3, -0.25) is 14.5 Å². The van der Waals surface area contributed by atoms with E-state index in [0.29, 0.717) is 18.9 Å². The Balaban J connectivity index is 1.90. The summed E-state index contributed by atoms with van der Waals surface area (Å²) in [6.45, 7) is 0. The van der Waals surface area contributed by atoms with Crippen LogP contribution >= 0.6 is 0 Å². The molecule has 3 unspecified atom stereocenters. The zero-order valence-corrected chi connectivity index (χ0v) is 9.61. The van der Waals surface area contributed by atoms with Crippen molar-refractivity contribution >= 4 is 11.8 Å². The second kappa shape index (κ2) is 4.51. The van der Waals surface area contributed by atoms with Crippen molar-refractivity contribution in [2.45, 2.75) is 50.2 Å². The van der Waals surface area contributed by atoms with E-state index in [1.165, 1.54) is 4.90 Å². The highest BCUT2D eigenvalue weighted by Crippen LogP contribution is 2.20. The number of rotatable bonds is 2.